The van der Waals surface area contributed by atoms with Crippen molar-refractivity contribution in [2.24, 2.45) is 5.92 Å². The maximum atomic E-state index is 11.9. The molecule has 1 aromatic rings. The van der Waals surface area contributed by atoms with E-state index in [1.165, 1.54) is 0 Å². The highest BCUT2D eigenvalue weighted by Crippen LogP contribution is 2.32. The predicted octanol–water partition coefficient (Wildman–Crippen LogP) is 3.81. The van der Waals surface area contributed by atoms with Crippen molar-refractivity contribution in [1.29, 1.82) is 0 Å². The van der Waals surface area contributed by atoms with Gasteiger partial charge in [-0.1, -0.05) is 50.1 Å². The van der Waals surface area contributed by atoms with Crippen LogP contribution in [0.1, 0.15) is 51.0 Å². The van der Waals surface area contributed by atoms with Crippen LogP contribution in [0.2, 0.25) is 0 Å². The fraction of sp³-hybridized carbons (Fsp3) is 0.588. The van der Waals surface area contributed by atoms with E-state index < -0.39 is 0 Å². The van der Waals surface area contributed by atoms with E-state index in [1.54, 1.807) is 6.92 Å². The van der Waals surface area contributed by atoms with Crippen molar-refractivity contribution < 1.29 is 14.5 Å². The van der Waals surface area contributed by atoms with E-state index in [-0.39, 0.29) is 35.7 Å². The predicted molar refractivity (Wildman–Crippen MR) is 85.3 cm³/mol. The summed E-state index contributed by atoms with van der Waals surface area (Å²) in [6.07, 6.45) is 2.84. The number of hydrogen-bond acceptors (Lipinski definition) is 4. The first-order valence-corrected chi connectivity index (χ1v) is 7.90. The van der Waals surface area contributed by atoms with Crippen molar-refractivity contribution in [2.75, 3.05) is 13.2 Å². The van der Waals surface area contributed by atoms with E-state index in [1.807, 2.05) is 30.3 Å². The van der Waals surface area contributed by atoms with Crippen LogP contribution >= 0.6 is 0 Å². The molecule has 5 heteroatoms. The zero-order valence-electron chi connectivity index (χ0n) is 13.4. The minimum Gasteiger partial charge on any atom is -0.466 e. The van der Waals surface area contributed by atoms with Gasteiger partial charge in [0, 0.05) is 16.8 Å². The highest BCUT2D eigenvalue weighted by atomic mass is 16.6. The number of ether oxygens (including phenoxy) is 1. The number of unbranched alkanes of at least 4 members (excludes halogenated alkanes) is 1. The Morgan fingerprint density at radius 3 is 2.50 bits per heavy atom. The Hall–Kier alpha value is -1.91. The quantitative estimate of drug-likeness (QED) is 0.374. The molecule has 0 aliphatic carbocycles. The Labute approximate surface area is 131 Å². The standard InChI is InChI=1S/C17H25NO4/c1-3-5-9-15(13-18(20)21)16(12-17(19)22-4-2)14-10-7-6-8-11-14/h6-8,10-11,15-16H,3-5,9,12-13H2,1-2H3/t15-,16+/m0/s1. The molecule has 0 unspecified atom stereocenters. The normalized spacial score (nSPS) is 13.4. The molecule has 0 spiro atoms. The van der Waals surface area contributed by atoms with Gasteiger partial charge in [0.1, 0.15) is 0 Å². The summed E-state index contributed by atoms with van der Waals surface area (Å²) in [4.78, 5) is 22.6. The molecule has 0 saturated carbocycles. The summed E-state index contributed by atoms with van der Waals surface area (Å²) in [5.41, 5.74) is 0.971. The molecule has 1 rings (SSSR count). The largest absolute Gasteiger partial charge is 0.466 e. The number of rotatable bonds is 10. The average molecular weight is 307 g/mol. The molecule has 2 atom stereocenters. The maximum absolute atomic E-state index is 11.9. The lowest BCUT2D eigenvalue weighted by molar-refractivity contribution is -0.489. The second-order valence-electron chi connectivity index (χ2n) is 5.44. The Kier molecular flexibility index (Phi) is 8.18. The molecule has 0 amide bonds. The first-order valence-electron chi connectivity index (χ1n) is 7.90. The molecule has 0 saturated heterocycles. The van der Waals surface area contributed by atoms with Crippen LogP contribution in [-0.2, 0) is 9.53 Å². The average Bonchev–Trinajstić information content (AvgIpc) is 2.50. The van der Waals surface area contributed by atoms with Crippen LogP contribution in [0.3, 0.4) is 0 Å². The summed E-state index contributed by atoms with van der Waals surface area (Å²) in [6.45, 7) is 4.04. The summed E-state index contributed by atoms with van der Waals surface area (Å²) in [7, 11) is 0. The van der Waals surface area contributed by atoms with Crippen LogP contribution in [0.15, 0.2) is 30.3 Å². The van der Waals surface area contributed by atoms with Crippen LogP contribution in [-0.4, -0.2) is 24.0 Å². The lowest BCUT2D eigenvalue weighted by atomic mass is 9.80. The van der Waals surface area contributed by atoms with Crippen molar-refractivity contribution in [2.45, 2.75) is 45.4 Å². The van der Waals surface area contributed by atoms with Gasteiger partial charge >= 0.3 is 5.97 Å². The van der Waals surface area contributed by atoms with E-state index in [4.69, 9.17) is 4.74 Å². The maximum Gasteiger partial charge on any atom is 0.306 e. The van der Waals surface area contributed by atoms with Crippen molar-refractivity contribution in [3.8, 4) is 0 Å². The van der Waals surface area contributed by atoms with Crippen LogP contribution in [0, 0.1) is 16.0 Å². The number of hydrogen-bond donors (Lipinski definition) is 0. The minimum atomic E-state index is -0.291. The van der Waals surface area contributed by atoms with Gasteiger partial charge in [0.25, 0.3) is 0 Å². The highest BCUT2D eigenvalue weighted by Gasteiger charge is 2.29. The molecule has 1 aromatic carbocycles. The van der Waals surface area contributed by atoms with Crippen LogP contribution in [0.4, 0.5) is 0 Å². The van der Waals surface area contributed by atoms with Gasteiger partial charge in [0.05, 0.1) is 13.0 Å². The number of nitrogens with zero attached hydrogens (tertiary/aromatic N) is 1. The van der Waals surface area contributed by atoms with Gasteiger partial charge in [-0.15, -0.1) is 0 Å². The van der Waals surface area contributed by atoms with E-state index >= 15 is 0 Å². The van der Waals surface area contributed by atoms with Crippen molar-refractivity contribution >= 4 is 5.97 Å². The molecule has 0 heterocycles. The molecule has 0 aliphatic heterocycles. The first-order chi connectivity index (χ1) is 10.6. The number of nitro groups is 1. The Morgan fingerprint density at radius 1 is 1.27 bits per heavy atom. The molecule has 0 bridgehead atoms. The monoisotopic (exact) mass is 307 g/mol. The summed E-state index contributed by atoms with van der Waals surface area (Å²) in [6, 6.07) is 9.57. The molecule has 0 fully saturated rings. The van der Waals surface area contributed by atoms with Gasteiger partial charge < -0.3 is 4.74 Å². The Morgan fingerprint density at radius 2 is 1.95 bits per heavy atom. The first kappa shape index (κ1) is 18.1. The summed E-state index contributed by atoms with van der Waals surface area (Å²) in [5.74, 6) is -0.611. The lowest BCUT2D eigenvalue weighted by Gasteiger charge is -2.24. The molecule has 5 nitrogen and oxygen atoms in total. The molecule has 22 heavy (non-hydrogen) atoms. The number of carbonyl (C=O) groups is 1. The van der Waals surface area contributed by atoms with Gasteiger partial charge in [-0.25, -0.2) is 0 Å². The van der Waals surface area contributed by atoms with Crippen LogP contribution in [0.25, 0.3) is 0 Å². The molecule has 0 aliphatic rings. The third kappa shape index (κ3) is 6.24. The lowest BCUT2D eigenvalue weighted by Crippen LogP contribution is -2.24. The van der Waals surface area contributed by atoms with E-state index in [2.05, 4.69) is 6.92 Å². The smallest absolute Gasteiger partial charge is 0.306 e. The van der Waals surface area contributed by atoms with E-state index in [9.17, 15) is 14.9 Å². The summed E-state index contributed by atoms with van der Waals surface area (Å²) < 4.78 is 5.04. The second kappa shape index (κ2) is 9.92. The van der Waals surface area contributed by atoms with Crippen molar-refractivity contribution in [3.63, 3.8) is 0 Å². The van der Waals surface area contributed by atoms with Gasteiger partial charge in [-0.3, -0.25) is 14.9 Å². The molecular formula is C17H25NO4. The number of esters is 1. The number of carbonyl (C=O) groups excluding carboxylic acids is 1. The third-order valence-corrected chi connectivity index (χ3v) is 3.80. The molecule has 0 aromatic heterocycles. The Balaban J connectivity index is 2.97. The minimum absolute atomic E-state index is 0.112. The van der Waals surface area contributed by atoms with E-state index in [0.29, 0.717) is 6.61 Å². The molecular weight excluding hydrogens is 282 g/mol. The van der Waals surface area contributed by atoms with Crippen molar-refractivity contribution in [3.05, 3.63) is 46.0 Å². The molecule has 122 valence electrons. The zero-order chi connectivity index (χ0) is 16.4. The number of benzene rings is 1. The third-order valence-electron chi connectivity index (χ3n) is 3.80. The van der Waals surface area contributed by atoms with Crippen LogP contribution in [0.5, 0.6) is 0 Å². The topological polar surface area (TPSA) is 69.4 Å². The zero-order valence-corrected chi connectivity index (χ0v) is 13.4. The van der Waals surface area contributed by atoms with Crippen LogP contribution < -0.4 is 0 Å². The molecule has 0 radical (unpaired) electrons. The highest BCUT2D eigenvalue weighted by molar-refractivity contribution is 5.70. The summed E-state index contributed by atoms with van der Waals surface area (Å²) >= 11 is 0. The van der Waals surface area contributed by atoms with Gasteiger partial charge in [0.2, 0.25) is 6.54 Å². The SMILES string of the molecule is CCCC[C@@H](C[N+](=O)[O-])[C@H](CC(=O)OCC)c1ccccc1. The molecule has 0 N–H and O–H groups in total. The van der Waals surface area contributed by atoms with Gasteiger partial charge in [-0.2, -0.15) is 0 Å². The van der Waals surface area contributed by atoms with E-state index in [0.717, 1.165) is 24.8 Å². The Bertz CT molecular complexity index is 461. The van der Waals surface area contributed by atoms with Gasteiger partial charge in [-0.05, 0) is 18.9 Å². The fourth-order valence-corrected chi connectivity index (χ4v) is 2.73. The van der Waals surface area contributed by atoms with Crippen molar-refractivity contribution in [1.82, 2.24) is 0 Å². The van der Waals surface area contributed by atoms with Gasteiger partial charge in [0.15, 0.2) is 0 Å². The summed E-state index contributed by atoms with van der Waals surface area (Å²) in [5, 5.41) is 11.0. The second-order valence-corrected chi connectivity index (χ2v) is 5.44. The fourth-order valence-electron chi connectivity index (χ4n) is 2.73.